The smallest absolute Gasteiger partial charge is 0.0525 e. The Labute approximate surface area is 78.7 Å². The number of nitrogens with two attached hydrogens (primary N) is 1. The molecule has 0 aromatic carbocycles. The van der Waals surface area contributed by atoms with Crippen molar-refractivity contribution in [2.75, 3.05) is 6.54 Å². The molecule has 3 heteroatoms. The predicted octanol–water partition coefficient (Wildman–Crippen LogP) is 1.42. The highest BCUT2D eigenvalue weighted by Gasteiger charge is 2.26. The van der Waals surface area contributed by atoms with E-state index in [1.165, 1.54) is 17.7 Å². The lowest BCUT2D eigenvalue weighted by Gasteiger charge is -2.28. The van der Waals surface area contributed by atoms with Gasteiger partial charge >= 0.3 is 0 Å². The van der Waals surface area contributed by atoms with E-state index in [1.807, 2.05) is 6.20 Å². The molecule has 72 valence electrons. The van der Waals surface area contributed by atoms with Gasteiger partial charge in [0.05, 0.1) is 6.20 Å². The summed E-state index contributed by atoms with van der Waals surface area (Å²) in [6, 6.07) is 0. The molecule has 0 saturated heterocycles. The maximum atomic E-state index is 5.62. The third-order valence-corrected chi connectivity index (χ3v) is 3.17. The Hall–Kier alpha value is -0.830. The second-order valence-corrected chi connectivity index (χ2v) is 4.00. The van der Waals surface area contributed by atoms with E-state index in [2.05, 4.69) is 17.1 Å². The van der Waals surface area contributed by atoms with Crippen molar-refractivity contribution in [3.8, 4) is 0 Å². The third kappa shape index (κ3) is 1.48. The number of aromatic nitrogens is 2. The van der Waals surface area contributed by atoms with Crippen molar-refractivity contribution in [2.45, 2.75) is 32.1 Å². The lowest BCUT2D eigenvalue weighted by Crippen LogP contribution is -2.20. The van der Waals surface area contributed by atoms with Crippen molar-refractivity contribution < 1.29 is 0 Å². The van der Waals surface area contributed by atoms with Gasteiger partial charge in [0.15, 0.2) is 0 Å². The second kappa shape index (κ2) is 3.50. The number of nitrogens with one attached hydrogen (secondary N) is 1. The third-order valence-electron chi connectivity index (χ3n) is 3.17. The molecule has 0 saturated carbocycles. The Kier molecular flexibility index (Phi) is 2.36. The quantitative estimate of drug-likeness (QED) is 0.721. The number of fused-ring (bicyclic) bond motifs is 1. The zero-order chi connectivity index (χ0) is 9.26. The lowest BCUT2D eigenvalue weighted by atomic mass is 9.77. The summed E-state index contributed by atoms with van der Waals surface area (Å²) >= 11 is 0. The molecule has 2 rings (SSSR count). The van der Waals surface area contributed by atoms with Gasteiger partial charge in [-0.3, -0.25) is 5.10 Å². The zero-order valence-corrected chi connectivity index (χ0v) is 8.09. The molecule has 2 unspecified atom stereocenters. The van der Waals surface area contributed by atoms with E-state index < -0.39 is 0 Å². The van der Waals surface area contributed by atoms with Crippen LogP contribution >= 0.6 is 0 Å². The average molecular weight is 179 g/mol. The number of hydrogen-bond donors (Lipinski definition) is 2. The lowest BCUT2D eigenvalue weighted by molar-refractivity contribution is 0.386. The molecule has 3 N–H and O–H groups in total. The van der Waals surface area contributed by atoms with E-state index in [-0.39, 0.29) is 0 Å². The summed E-state index contributed by atoms with van der Waals surface area (Å²) in [7, 11) is 0. The minimum Gasteiger partial charge on any atom is -0.330 e. The summed E-state index contributed by atoms with van der Waals surface area (Å²) in [5, 5.41) is 7.18. The maximum absolute atomic E-state index is 5.62. The predicted molar refractivity (Wildman–Crippen MR) is 52.5 cm³/mol. The fourth-order valence-corrected chi connectivity index (χ4v) is 2.34. The minimum atomic E-state index is 0.632. The largest absolute Gasteiger partial charge is 0.330 e. The summed E-state index contributed by atoms with van der Waals surface area (Å²) in [5.74, 6) is 1.39. The fourth-order valence-electron chi connectivity index (χ4n) is 2.34. The van der Waals surface area contributed by atoms with Crippen LogP contribution in [0.15, 0.2) is 6.20 Å². The van der Waals surface area contributed by atoms with Crippen LogP contribution in [0.2, 0.25) is 0 Å². The summed E-state index contributed by atoms with van der Waals surface area (Å²) in [5.41, 5.74) is 8.35. The molecular formula is C10H17N3. The molecule has 1 aromatic rings. The number of aryl methyl sites for hydroxylation is 1. The van der Waals surface area contributed by atoms with Gasteiger partial charge in [0.1, 0.15) is 0 Å². The van der Waals surface area contributed by atoms with E-state index in [1.54, 1.807) is 0 Å². The standard InChI is InChI=1S/C10H17N3/c1-7-2-3-10-9(6-12-13-10)8(7)4-5-11/h6-8H,2-5,11H2,1H3,(H,12,13). The van der Waals surface area contributed by atoms with Gasteiger partial charge in [-0.15, -0.1) is 0 Å². The van der Waals surface area contributed by atoms with E-state index >= 15 is 0 Å². The molecule has 3 nitrogen and oxygen atoms in total. The monoisotopic (exact) mass is 179 g/mol. The Morgan fingerprint density at radius 2 is 2.54 bits per heavy atom. The van der Waals surface area contributed by atoms with Gasteiger partial charge in [0, 0.05) is 5.69 Å². The zero-order valence-electron chi connectivity index (χ0n) is 8.09. The molecule has 0 fully saturated rings. The molecule has 13 heavy (non-hydrogen) atoms. The van der Waals surface area contributed by atoms with Gasteiger partial charge < -0.3 is 5.73 Å². The van der Waals surface area contributed by atoms with Gasteiger partial charge in [0.25, 0.3) is 0 Å². The fraction of sp³-hybridized carbons (Fsp3) is 0.700. The van der Waals surface area contributed by atoms with E-state index in [0.29, 0.717) is 5.92 Å². The highest BCUT2D eigenvalue weighted by molar-refractivity contribution is 5.25. The van der Waals surface area contributed by atoms with E-state index in [4.69, 9.17) is 5.73 Å². The summed E-state index contributed by atoms with van der Waals surface area (Å²) in [6.07, 6.45) is 5.48. The van der Waals surface area contributed by atoms with Gasteiger partial charge in [-0.25, -0.2) is 0 Å². The first-order valence-corrected chi connectivity index (χ1v) is 5.05. The van der Waals surface area contributed by atoms with Crippen LogP contribution in [-0.4, -0.2) is 16.7 Å². The highest BCUT2D eigenvalue weighted by atomic mass is 15.1. The second-order valence-electron chi connectivity index (χ2n) is 4.00. The first-order chi connectivity index (χ1) is 6.33. The van der Waals surface area contributed by atoms with Crippen molar-refractivity contribution in [2.24, 2.45) is 11.7 Å². The molecule has 0 amide bonds. The SMILES string of the molecule is CC1CCc2[nH]ncc2C1CCN. The van der Waals surface area contributed by atoms with Crippen molar-refractivity contribution in [1.29, 1.82) is 0 Å². The summed E-state index contributed by atoms with van der Waals surface area (Å²) < 4.78 is 0. The summed E-state index contributed by atoms with van der Waals surface area (Å²) in [4.78, 5) is 0. The Balaban J connectivity index is 2.25. The molecule has 1 aromatic heterocycles. The number of rotatable bonds is 2. The molecule has 1 aliphatic carbocycles. The molecular weight excluding hydrogens is 162 g/mol. The maximum Gasteiger partial charge on any atom is 0.0525 e. The Bertz CT molecular complexity index is 279. The van der Waals surface area contributed by atoms with Crippen LogP contribution in [-0.2, 0) is 6.42 Å². The highest BCUT2D eigenvalue weighted by Crippen LogP contribution is 2.36. The van der Waals surface area contributed by atoms with Crippen LogP contribution in [0.5, 0.6) is 0 Å². The first kappa shape index (κ1) is 8.75. The molecule has 0 bridgehead atoms. The number of hydrogen-bond acceptors (Lipinski definition) is 2. The molecule has 1 aliphatic rings. The summed E-state index contributed by atoms with van der Waals surface area (Å²) in [6.45, 7) is 3.09. The Morgan fingerprint density at radius 3 is 3.31 bits per heavy atom. The number of H-pyrrole nitrogens is 1. The van der Waals surface area contributed by atoms with Gasteiger partial charge in [-0.2, -0.15) is 5.10 Å². The topological polar surface area (TPSA) is 54.7 Å². The van der Waals surface area contributed by atoms with E-state index in [0.717, 1.165) is 25.3 Å². The van der Waals surface area contributed by atoms with Crippen LogP contribution < -0.4 is 5.73 Å². The van der Waals surface area contributed by atoms with Crippen LogP contribution in [0.3, 0.4) is 0 Å². The average Bonchev–Trinajstić information content (AvgIpc) is 2.58. The van der Waals surface area contributed by atoms with Crippen LogP contribution in [0, 0.1) is 5.92 Å². The van der Waals surface area contributed by atoms with Crippen molar-refractivity contribution in [3.05, 3.63) is 17.5 Å². The van der Waals surface area contributed by atoms with Gasteiger partial charge in [-0.05, 0) is 43.2 Å². The first-order valence-electron chi connectivity index (χ1n) is 5.05. The normalized spacial score (nSPS) is 27.2. The minimum absolute atomic E-state index is 0.632. The van der Waals surface area contributed by atoms with Crippen molar-refractivity contribution >= 4 is 0 Å². The Morgan fingerprint density at radius 1 is 1.69 bits per heavy atom. The molecule has 1 heterocycles. The van der Waals surface area contributed by atoms with Gasteiger partial charge in [0.2, 0.25) is 0 Å². The van der Waals surface area contributed by atoms with Crippen LogP contribution in [0.25, 0.3) is 0 Å². The molecule has 2 atom stereocenters. The molecule has 0 radical (unpaired) electrons. The van der Waals surface area contributed by atoms with Gasteiger partial charge in [-0.1, -0.05) is 6.92 Å². The van der Waals surface area contributed by atoms with Crippen LogP contribution in [0.4, 0.5) is 0 Å². The number of nitrogens with zero attached hydrogens (tertiary/aromatic N) is 1. The van der Waals surface area contributed by atoms with E-state index in [9.17, 15) is 0 Å². The van der Waals surface area contributed by atoms with Crippen molar-refractivity contribution in [1.82, 2.24) is 10.2 Å². The van der Waals surface area contributed by atoms with Crippen LogP contribution in [0.1, 0.15) is 36.9 Å². The molecule has 0 spiro atoms. The number of aromatic amines is 1. The molecule has 0 aliphatic heterocycles. The van der Waals surface area contributed by atoms with Crippen molar-refractivity contribution in [3.63, 3.8) is 0 Å².